The van der Waals surface area contributed by atoms with Crippen LogP contribution in [0.4, 0.5) is 28.8 Å². The van der Waals surface area contributed by atoms with Gasteiger partial charge in [-0.15, -0.1) is 17.8 Å². The van der Waals surface area contributed by atoms with Gasteiger partial charge in [-0.1, -0.05) is 0 Å². The number of aromatic nitrogens is 2. The van der Waals surface area contributed by atoms with E-state index in [-0.39, 0.29) is 5.91 Å². The molecule has 146 valence electrons. The predicted molar refractivity (Wildman–Crippen MR) is 115 cm³/mol. The molecular formula is C20H18N6O2S. The molecule has 0 saturated carbocycles. The predicted octanol–water partition coefficient (Wildman–Crippen LogP) is 3.27. The quantitative estimate of drug-likeness (QED) is 0.468. The van der Waals surface area contributed by atoms with Gasteiger partial charge < -0.3 is 21.3 Å². The Labute approximate surface area is 171 Å². The van der Waals surface area contributed by atoms with Crippen LogP contribution in [0.25, 0.3) is 0 Å². The zero-order valence-corrected chi connectivity index (χ0v) is 16.6. The minimum absolute atomic E-state index is 0.162. The summed E-state index contributed by atoms with van der Waals surface area (Å²) in [5, 5.41) is 13.3. The van der Waals surface area contributed by atoms with E-state index in [2.05, 4.69) is 31.2 Å². The molecule has 0 spiro atoms. The largest absolute Gasteiger partial charge is 0.354 e. The highest BCUT2D eigenvalue weighted by Crippen LogP contribution is 2.27. The van der Waals surface area contributed by atoms with Gasteiger partial charge in [0.15, 0.2) is 0 Å². The molecule has 0 aliphatic rings. The molecule has 1 aromatic carbocycles. The zero-order valence-electron chi connectivity index (χ0n) is 15.7. The Morgan fingerprint density at radius 1 is 1.10 bits per heavy atom. The molecule has 2 aromatic heterocycles. The number of hydrogen-bond donors (Lipinski definition) is 4. The standard InChI is InChI=1S/C20H18N6O2S/c1-4-16(27)23-13-5-7-14(8-6-13)24-20-22-11-12(2)18(26-20)25-15-9-10-29-17(15)19(28)21-3/h1,5-11H,2-3H3,(H,21,28)(H,23,27)(H2,22,24,25,26). The highest BCUT2D eigenvalue weighted by atomic mass is 32.1. The van der Waals surface area contributed by atoms with Crippen LogP contribution < -0.4 is 21.3 Å². The van der Waals surface area contributed by atoms with Gasteiger partial charge in [0.1, 0.15) is 10.7 Å². The number of carbonyl (C=O) groups excluding carboxylic acids is 2. The number of anilines is 5. The van der Waals surface area contributed by atoms with Crippen LogP contribution >= 0.6 is 11.3 Å². The van der Waals surface area contributed by atoms with Crippen LogP contribution in [0.3, 0.4) is 0 Å². The monoisotopic (exact) mass is 406 g/mol. The van der Waals surface area contributed by atoms with Crippen LogP contribution in [0, 0.1) is 19.3 Å². The number of nitrogens with zero attached hydrogens (tertiary/aromatic N) is 2. The van der Waals surface area contributed by atoms with E-state index in [4.69, 9.17) is 6.42 Å². The van der Waals surface area contributed by atoms with Crippen molar-refractivity contribution in [3.8, 4) is 12.3 Å². The fourth-order valence-corrected chi connectivity index (χ4v) is 3.18. The van der Waals surface area contributed by atoms with Crippen molar-refractivity contribution in [2.24, 2.45) is 0 Å². The van der Waals surface area contributed by atoms with E-state index in [9.17, 15) is 9.59 Å². The Hall–Kier alpha value is -3.90. The lowest BCUT2D eigenvalue weighted by Gasteiger charge is -2.11. The molecule has 0 aliphatic heterocycles. The topological polar surface area (TPSA) is 108 Å². The second-order valence-corrected chi connectivity index (χ2v) is 6.81. The van der Waals surface area contributed by atoms with E-state index in [1.165, 1.54) is 11.3 Å². The maximum atomic E-state index is 12.0. The van der Waals surface area contributed by atoms with Crippen molar-refractivity contribution < 1.29 is 9.59 Å². The van der Waals surface area contributed by atoms with Crippen LogP contribution in [-0.4, -0.2) is 28.8 Å². The first kappa shape index (κ1) is 19.9. The first-order valence-corrected chi connectivity index (χ1v) is 9.43. The number of nitrogens with one attached hydrogen (secondary N) is 4. The minimum Gasteiger partial charge on any atom is -0.354 e. The average Bonchev–Trinajstić information content (AvgIpc) is 3.19. The van der Waals surface area contributed by atoms with E-state index in [0.29, 0.717) is 28.0 Å². The number of benzene rings is 1. The number of terminal acetylenes is 1. The molecule has 0 unspecified atom stereocenters. The molecule has 2 amide bonds. The van der Waals surface area contributed by atoms with Gasteiger partial charge in [-0.2, -0.15) is 4.98 Å². The number of thiophene rings is 1. The van der Waals surface area contributed by atoms with Gasteiger partial charge in [0.2, 0.25) is 5.95 Å². The van der Waals surface area contributed by atoms with Crippen molar-refractivity contribution in [1.82, 2.24) is 15.3 Å². The highest BCUT2D eigenvalue weighted by Gasteiger charge is 2.14. The summed E-state index contributed by atoms with van der Waals surface area (Å²) in [6.45, 7) is 1.88. The van der Waals surface area contributed by atoms with Gasteiger partial charge >= 0.3 is 0 Å². The normalized spacial score (nSPS) is 9.97. The van der Waals surface area contributed by atoms with Gasteiger partial charge in [-0.05, 0) is 48.6 Å². The van der Waals surface area contributed by atoms with E-state index in [1.54, 1.807) is 37.5 Å². The first-order valence-electron chi connectivity index (χ1n) is 8.55. The number of hydrogen-bond acceptors (Lipinski definition) is 7. The van der Waals surface area contributed by atoms with Gasteiger partial charge in [0, 0.05) is 30.2 Å². The van der Waals surface area contributed by atoms with Crippen LogP contribution in [0.2, 0.25) is 0 Å². The van der Waals surface area contributed by atoms with Crippen molar-refractivity contribution in [3.63, 3.8) is 0 Å². The lowest BCUT2D eigenvalue weighted by Crippen LogP contribution is -2.17. The molecule has 0 bridgehead atoms. The molecule has 4 N–H and O–H groups in total. The first-order chi connectivity index (χ1) is 14.0. The second kappa shape index (κ2) is 8.86. The summed E-state index contributed by atoms with van der Waals surface area (Å²) in [7, 11) is 1.59. The molecule has 0 saturated heterocycles. The zero-order chi connectivity index (χ0) is 20.8. The van der Waals surface area contributed by atoms with E-state index in [1.807, 2.05) is 24.3 Å². The lowest BCUT2D eigenvalue weighted by atomic mass is 10.2. The third-order valence-electron chi connectivity index (χ3n) is 3.85. The van der Waals surface area contributed by atoms with Gasteiger partial charge in [-0.25, -0.2) is 4.98 Å². The van der Waals surface area contributed by atoms with Crippen molar-refractivity contribution in [2.75, 3.05) is 23.0 Å². The van der Waals surface area contributed by atoms with Gasteiger partial charge in [0.05, 0.1) is 5.69 Å². The van der Waals surface area contributed by atoms with Crippen molar-refractivity contribution >= 4 is 52.0 Å². The molecule has 29 heavy (non-hydrogen) atoms. The SMILES string of the molecule is C#CC(=O)Nc1ccc(Nc2ncc(C)c(Nc3ccsc3C(=O)NC)n2)cc1. The lowest BCUT2D eigenvalue weighted by molar-refractivity contribution is -0.111. The molecule has 9 heteroatoms. The maximum Gasteiger partial charge on any atom is 0.300 e. The Kier molecular flexibility index (Phi) is 6.06. The van der Waals surface area contributed by atoms with E-state index < -0.39 is 5.91 Å². The van der Waals surface area contributed by atoms with E-state index >= 15 is 0 Å². The van der Waals surface area contributed by atoms with E-state index in [0.717, 1.165) is 11.3 Å². The molecule has 8 nitrogen and oxygen atoms in total. The number of aryl methyl sites for hydroxylation is 1. The Bertz CT molecular complexity index is 1090. The molecule has 3 rings (SSSR count). The fraction of sp³-hybridized carbons (Fsp3) is 0.100. The minimum atomic E-state index is -0.507. The third-order valence-corrected chi connectivity index (χ3v) is 4.77. The van der Waals surface area contributed by atoms with Crippen LogP contribution in [0.15, 0.2) is 41.9 Å². The number of amides is 2. The van der Waals surface area contributed by atoms with Crippen molar-refractivity contribution in [3.05, 3.63) is 52.3 Å². The molecular weight excluding hydrogens is 388 g/mol. The summed E-state index contributed by atoms with van der Waals surface area (Å²) in [5.41, 5.74) is 2.83. The Balaban J connectivity index is 1.76. The Morgan fingerprint density at radius 2 is 1.83 bits per heavy atom. The second-order valence-electron chi connectivity index (χ2n) is 5.89. The van der Waals surface area contributed by atoms with Crippen molar-refractivity contribution in [1.29, 1.82) is 0 Å². The summed E-state index contributed by atoms with van der Waals surface area (Å²) in [6, 6.07) is 8.79. The maximum absolute atomic E-state index is 12.0. The number of carbonyl (C=O) groups is 2. The van der Waals surface area contributed by atoms with Crippen LogP contribution in [0.5, 0.6) is 0 Å². The molecule has 2 heterocycles. The summed E-state index contributed by atoms with van der Waals surface area (Å²) >= 11 is 1.35. The van der Waals surface area contributed by atoms with Gasteiger partial charge in [0.25, 0.3) is 11.8 Å². The smallest absolute Gasteiger partial charge is 0.300 e. The summed E-state index contributed by atoms with van der Waals surface area (Å²) in [4.78, 5) is 32.6. The van der Waals surface area contributed by atoms with Crippen LogP contribution in [0.1, 0.15) is 15.2 Å². The number of rotatable bonds is 6. The highest BCUT2D eigenvalue weighted by molar-refractivity contribution is 7.12. The van der Waals surface area contributed by atoms with Crippen molar-refractivity contribution in [2.45, 2.75) is 6.92 Å². The fourth-order valence-electron chi connectivity index (χ4n) is 2.39. The molecule has 0 aliphatic carbocycles. The summed E-state index contributed by atoms with van der Waals surface area (Å²) in [6.07, 6.45) is 6.73. The van der Waals surface area contributed by atoms with Crippen LogP contribution in [-0.2, 0) is 4.79 Å². The molecule has 0 radical (unpaired) electrons. The molecule has 0 atom stereocenters. The molecule has 3 aromatic rings. The molecule has 0 fully saturated rings. The Morgan fingerprint density at radius 3 is 2.52 bits per heavy atom. The summed E-state index contributed by atoms with van der Waals surface area (Å²) in [5.74, 6) is 2.30. The third kappa shape index (κ3) is 4.88. The van der Waals surface area contributed by atoms with Gasteiger partial charge in [-0.3, -0.25) is 9.59 Å². The summed E-state index contributed by atoms with van der Waals surface area (Å²) < 4.78 is 0. The average molecular weight is 406 g/mol.